The van der Waals surface area contributed by atoms with Crippen LogP contribution in [0.3, 0.4) is 0 Å². The van der Waals surface area contributed by atoms with Gasteiger partial charge in [-0.2, -0.15) is 0 Å². The number of anilines is 1. The first-order valence-corrected chi connectivity index (χ1v) is 13.3. The molecule has 4 saturated carbocycles. The van der Waals surface area contributed by atoms with Crippen molar-refractivity contribution in [3.8, 4) is 0 Å². The van der Waals surface area contributed by atoms with Gasteiger partial charge in [0.2, 0.25) is 15.2 Å². The Bertz CT molecular complexity index is 1060. The van der Waals surface area contributed by atoms with Gasteiger partial charge in [-0.25, -0.2) is 13.1 Å². The van der Waals surface area contributed by atoms with Crippen LogP contribution in [0, 0.1) is 17.8 Å². The summed E-state index contributed by atoms with van der Waals surface area (Å²) < 4.78 is 27.0. The maximum atomic E-state index is 12.7. The second-order valence-corrected chi connectivity index (χ2v) is 12.6. The molecular weight excluding hydrogens is 432 g/mol. The molecule has 1 aromatic carbocycles. The highest BCUT2D eigenvalue weighted by Crippen LogP contribution is 2.61. The summed E-state index contributed by atoms with van der Waals surface area (Å²) in [7, 11) is -3.58. The highest BCUT2D eigenvalue weighted by atomic mass is 32.2. The first-order valence-electron chi connectivity index (χ1n) is 11.0. The molecule has 166 valence electrons. The summed E-state index contributed by atoms with van der Waals surface area (Å²) in [4.78, 5) is 12.8. The predicted octanol–water partition coefficient (Wildman–Crippen LogP) is 3.94. The second kappa shape index (κ2) is 7.64. The van der Waals surface area contributed by atoms with E-state index >= 15 is 0 Å². The number of sulfonamides is 1. The largest absolute Gasteiger partial charge is 0.296 e. The molecule has 6 rings (SSSR count). The van der Waals surface area contributed by atoms with Gasteiger partial charge in [0.15, 0.2) is 0 Å². The number of hydrogen-bond donors (Lipinski definition) is 2. The molecule has 0 unspecified atom stereocenters. The first-order chi connectivity index (χ1) is 14.7. The van der Waals surface area contributed by atoms with Crippen LogP contribution in [0.1, 0.15) is 67.7 Å². The van der Waals surface area contributed by atoms with E-state index in [-0.39, 0.29) is 22.3 Å². The number of benzene rings is 1. The second-order valence-electron chi connectivity index (χ2n) is 9.86. The minimum Gasteiger partial charge on any atom is -0.296 e. The Labute approximate surface area is 187 Å². The summed E-state index contributed by atoms with van der Waals surface area (Å²) in [6, 6.07) is 5.73. The minimum absolute atomic E-state index is 0.137. The summed E-state index contributed by atoms with van der Waals surface area (Å²) >= 11 is 1.50. The zero-order valence-electron chi connectivity index (χ0n) is 17.8. The van der Waals surface area contributed by atoms with Gasteiger partial charge < -0.3 is 0 Å². The third kappa shape index (κ3) is 4.03. The highest BCUT2D eigenvalue weighted by Gasteiger charge is 2.53. The smallest absolute Gasteiger partial charge is 0.257 e. The fourth-order valence-corrected chi connectivity index (χ4v) is 8.40. The van der Waals surface area contributed by atoms with Crippen molar-refractivity contribution in [2.24, 2.45) is 17.8 Å². The summed E-state index contributed by atoms with van der Waals surface area (Å²) in [6.07, 6.45) is 7.76. The third-order valence-corrected chi connectivity index (χ3v) is 9.71. The lowest BCUT2D eigenvalue weighted by Gasteiger charge is -2.55. The van der Waals surface area contributed by atoms with E-state index < -0.39 is 10.0 Å². The molecule has 31 heavy (non-hydrogen) atoms. The van der Waals surface area contributed by atoms with Gasteiger partial charge >= 0.3 is 0 Å². The molecule has 0 saturated heterocycles. The molecule has 0 atom stereocenters. The third-order valence-electron chi connectivity index (χ3n) is 6.96. The molecule has 0 radical (unpaired) electrons. The van der Waals surface area contributed by atoms with E-state index in [1.54, 1.807) is 13.8 Å². The van der Waals surface area contributed by atoms with Crippen molar-refractivity contribution >= 4 is 32.4 Å². The summed E-state index contributed by atoms with van der Waals surface area (Å²) in [5, 5.41) is 13.2. The number of nitrogens with one attached hydrogen (secondary N) is 2. The van der Waals surface area contributed by atoms with E-state index in [2.05, 4.69) is 20.2 Å². The van der Waals surface area contributed by atoms with E-state index in [1.807, 2.05) is 0 Å². The normalized spacial score (nSPS) is 29.5. The van der Waals surface area contributed by atoms with Crippen LogP contribution < -0.4 is 10.0 Å². The minimum atomic E-state index is -3.58. The zero-order chi connectivity index (χ0) is 21.8. The maximum absolute atomic E-state index is 12.7. The van der Waals surface area contributed by atoms with E-state index in [9.17, 15) is 13.2 Å². The molecule has 4 fully saturated rings. The van der Waals surface area contributed by atoms with Crippen molar-refractivity contribution in [2.45, 2.75) is 68.7 Å². The Morgan fingerprint density at radius 2 is 1.61 bits per heavy atom. The van der Waals surface area contributed by atoms with Gasteiger partial charge in [0.05, 0.1) is 4.90 Å². The number of hydrogen-bond acceptors (Lipinski definition) is 6. The zero-order valence-corrected chi connectivity index (χ0v) is 19.4. The lowest BCUT2D eigenvalue weighted by molar-refractivity contribution is -0.00555. The van der Waals surface area contributed by atoms with Crippen molar-refractivity contribution in [3.05, 3.63) is 34.8 Å². The van der Waals surface area contributed by atoms with Crippen LogP contribution in [-0.2, 0) is 15.4 Å². The Kier molecular flexibility index (Phi) is 5.18. The number of nitrogens with zero attached hydrogens (tertiary/aromatic N) is 2. The van der Waals surface area contributed by atoms with Crippen molar-refractivity contribution < 1.29 is 13.2 Å². The van der Waals surface area contributed by atoms with Gasteiger partial charge in [-0.3, -0.25) is 10.1 Å². The van der Waals surface area contributed by atoms with Crippen LogP contribution >= 0.6 is 11.3 Å². The predicted molar refractivity (Wildman–Crippen MR) is 120 cm³/mol. The molecule has 4 aliphatic carbocycles. The molecule has 2 N–H and O–H groups in total. The Balaban J connectivity index is 1.28. The van der Waals surface area contributed by atoms with E-state index in [4.69, 9.17) is 0 Å². The molecular formula is C22H28N4O3S2. The highest BCUT2D eigenvalue weighted by molar-refractivity contribution is 7.89. The average molecular weight is 461 g/mol. The number of carbonyl (C=O) groups is 1. The Morgan fingerprint density at radius 1 is 1.03 bits per heavy atom. The topological polar surface area (TPSA) is 101 Å². The Hall–Kier alpha value is -1.84. The maximum Gasteiger partial charge on any atom is 0.257 e. The lowest BCUT2D eigenvalue weighted by atomic mass is 9.50. The van der Waals surface area contributed by atoms with Crippen molar-refractivity contribution in [3.63, 3.8) is 0 Å². The van der Waals surface area contributed by atoms with Gasteiger partial charge in [0.1, 0.15) is 5.01 Å². The van der Waals surface area contributed by atoms with Gasteiger partial charge in [-0.05, 0) is 94.4 Å². The Morgan fingerprint density at radius 3 is 2.16 bits per heavy atom. The van der Waals surface area contributed by atoms with Crippen LogP contribution in [0.5, 0.6) is 0 Å². The molecule has 4 aliphatic rings. The molecule has 0 spiro atoms. The molecule has 4 bridgehead atoms. The quantitative estimate of drug-likeness (QED) is 0.680. The van der Waals surface area contributed by atoms with Gasteiger partial charge in [0.25, 0.3) is 5.91 Å². The van der Waals surface area contributed by atoms with Crippen LogP contribution in [0.2, 0.25) is 0 Å². The summed E-state index contributed by atoms with van der Waals surface area (Å²) in [5.74, 6) is 2.17. The van der Waals surface area contributed by atoms with Crippen molar-refractivity contribution in [1.29, 1.82) is 0 Å². The fourth-order valence-electron chi connectivity index (χ4n) is 6.19. The molecule has 1 aromatic heterocycles. The SMILES string of the molecule is CC(C)NS(=O)(=O)c1ccc(C(=O)Nc2nnc(C34CC5CC(CC(C5)C3)C4)s2)cc1. The average Bonchev–Trinajstić information content (AvgIpc) is 3.15. The van der Waals surface area contributed by atoms with E-state index in [0.29, 0.717) is 10.7 Å². The van der Waals surface area contributed by atoms with Crippen LogP contribution in [0.4, 0.5) is 5.13 Å². The van der Waals surface area contributed by atoms with E-state index in [0.717, 1.165) is 22.8 Å². The first kappa shape index (κ1) is 21.0. The van der Waals surface area contributed by atoms with Crippen LogP contribution in [0.15, 0.2) is 29.2 Å². The summed E-state index contributed by atoms with van der Waals surface area (Å²) in [6.45, 7) is 3.53. The number of aromatic nitrogens is 2. The molecule has 0 aliphatic heterocycles. The molecule has 1 amide bonds. The number of rotatable bonds is 6. The molecule has 9 heteroatoms. The van der Waals surface area contributed by atoms with E-state index in [1.165, 1.54) is 74.1 Å². The number of carbonyl (C=O) groups excluding carboxylic acids is 1. The molecule has 1 heterocycles. The standard InChI is InChI=1S/C22H28N4O3S2/c1-13(2)26-31(28,29)18-5-3-17(4-6-18)19(27)23-21-25-24-20(30-21)22-10-14-7-15(11-22)9-16(8-14)12-22/h3-6,13-16,26H,7-12H2,1-2H3,(H,23,25,27). The monoisotopic (exact) mass is 460 g/mol. The molecule has 2 aromatic rings. The fraction of sp³-hybridized carbons (Fsp3) is 0.591. The summed E-state index contributed by atoms with van der Waals surface area (Å²) in [5.41, 5.74) is 0.546. The number of amides is 1. The van der Waals surface area contributed by atoms with Crippen LogP contribution in [-0.4, -0.2) is 30.6 Å². The van der Waals surface area contributed by atoms with Gasteiger partial charge in [-0.15, -0.1) is 10.2 Å². The lowest BCUT2D eigenvalue weighted by Crippen LogP contribution is -2.48. The van der Waals surface area contributed by atoms with Crippen molar-refractivity contribution in [1.82, 2.24) is 14.9 Å². The molecule has 7 nitrogen and oxygen atoms in total. The van der Waals surface area contributed by atoms with Gasteiger partial charge in [-0.1, -0.05) is 11.3 Å². The van der Waals surface area contributed by atoms with Crippen molar-refractivity contribution in [2.75, 3.05) is 5.32 Å². The van der Waals surface area contributed by atoms with Gasteiger partial charge in [0, 0.05) is 17.0 Å². The van der Waals surface area contributed by atoms with Crippen LogP contribution in [0.25, 0.3) is 0 Å².